The van der Waals surface area contributed by atoms with Crippen LogP contribution in [-0.4, -0.2) is 41.3 Å². The number of carbonyl (C=O) groups is 2. The fraction of sp³-hybridized carbons (Fsp3) is 0.385. The molecule has 0 unspecified atom stereocenters. The van der Waals surface area contributed by atoms with E-state index in [2.05, 4.69) is 16.0 Å². The van der Waals surface area contributed by atoms with Gasteiger partial charge in [0.1, 0.15) is 5.75 Å². The molecule has 1 aromatic rings. The highest BCUT2D eigenvalue weighted by Gasteiger charge is 2.17. The lowest BCUT2D eigenvalue weighted by Crippen LogP contribution is -2.44. The summed E-state index contributed by atoms with van der Waals surface area (Å²) in [4.78, 5) is 22.9. The predicted octanol–water partition coefficient (Wildman–Crippen LogP) is 0.964. The topological polar surface area (TPSA) is 111 Å². The van der Waals surface area contributed by atoms with Crippen LogP contribution in [0, 0.1) is 0 Å². The number of hydrogen-bond donors (Lipinski definition) is 5. The Morgan fingerprint density at radius 1 is 1.25 bits per heavy atom. The molecule has 0 aliphatic carbocycles. The first kappa shape index (κ1) is 14.1. The maximum absolute atomic E-state index is 11.8. The third kappa shape index (κ3) is 3.61. The number of hydrogen-bond acceptors (Lipinski definition) is 4. The molecule has 2 rings (SSSR count). The van der Waals surface area contributed by atoms with E-state index in [-0.39, 0.29) is 23.0 Å². The minimum Gasteiger partial charge on any atom is -0.508 e. The number of amides is 2. The van der Waals surface area contributed by atoms with Gasteiger partial charge in [0.2, 0.25) is 0 Å². The highest BCUT2D eigenvalue weighted by atomic mass is 16.4. The summed E-state index contributed by atoms with van der Waals surface area (Å²) in [7, 11) is 0. The van der Waals surface area contributed by atoms with Gasteiger partial charge in [-0.15, -0.1) is 0 Å². The number of carboxylic acids is 1. The quantitative estimate of drug-likeness (QED) is 0.529. The standard InChI is InChI=1S/C13H17N3O4/c17-9-1-2-11(10(7-9)12(18)19)16-13(20)15-8-3-5-14-6-4-8/h1-2,7-8,14,17H,3-6H2,(H,18,19)(H2,15,16,20). The molecule has 0 aromatic heterocycles. The maximum atomic E-state index is 11.8. The number of rotatable bonds is 3. The summed E-state index contributed by atoms with van der Waals surface area (Å²) < 4.78 is 0. The molecule has 1 fully saturated rings. The summed E-state index contributed by atoms with van der Waals surface area (Å²) in [5.41, 5.74) is 0.00666. The molecule has 108 valence electrons. The van der Waals surface area contributed by atoms with E-state index in [0.29, 0.717) is 0 Å². The molecule has 20 heavy (non-hydrogen) atoms. The number of anilines is 1. The molecule has 1 aliphatic heterocycles. The van der Waals surface area contributed by atoms with Crippen molar-refractivity contribution in [1.29, 1.82) is 0 Å². The Labute approximate surface area is 116 Å². The maximum Gasteiger partial charge on any atom is 0.337 e. The van der Waals surface area contributed by atoms with Crippen LogP contribution in [0.3, 0.4) is 0 Å². The van der Waals surface area contributed by atoms with Crippen LogP contribution >= 0.6 is 0 Å². The molecule has 1 heterocycles. The summed E-state index contributed by atoms with van der Waals surface area (Å²) in [6, 6.07) is 3.43. The molecule has 0 spiro atoms. The van der Waals surface area contributed by atoms with Gasteiger partial charge in [0.15, 0.2) is 0 Å². The van der Waals surface area contributed by atoms with Gasteiger partial charge in [-0.3, -0.25) is 0 Å². The van der Waals surface area contributed by atoms with Crippen LogP contribution in [0.15, 0.2) is 18.2 Å². The Morgan fingerprint density at radius 2 is 1.95 bits per heavy atom. The fourth-order valence-electron chi connectivity index (χ4n) is 2.13. The first-order chi connectivity index (χ1) is 9.56. The number of urea groups is 1. The van der Waals surface area contributed by atoms with Crippen molar-refractivity contribution < 1.29 is 19.8 Å². The smallest absolute Gasteiger partial charge is 0.337 e. The third-order valence-corrected chi connectivity index (χ3v) is 3.16. The monoisotopic (exact) mass is 279 g/mol. The number of aromatic hydroxyl groups is 1. The summed E-state index contributed by atoms with van der Waals surface area (Å²) in [5, 5.41) is 26.8. The van der Waals surface area contributed by atoms with E-state index in [1.807, 2.05) is 0 Å². The van der Waals surface area contributed by atoms with Crippen molar-refractivity contribution in [3.8, 4) is 5.75 Å². The van der Waals surface area contributed by atoms with Crippen molar-refractivity contribution in [3.63, 3.8) is 0 Å². The zero-order chi connectivity index (χ0) is 14.5. The number of nitrogens with one attached hydrogen (secondary N) is 3. The molecule has 0 bridgehead atoms. The Bertz CT molecular complexity index is 512. The number of carbonyl (C=O) groups excluding carboxylic acids is 1. The summed E-state index contributed by atoms with van der Waals surface area (Å²) in [5.74, 6) is -1.37. The molecule has 0 saturated carbocycles. The summed E-state index contributed by atoms with van der Waals surface area (Å²) in [6.07, 6.45) is 1.68. The number of phenolic OH excluding ortho intramolecular Hbond substituents is 1. The minimum atomic E-state index is -1.21. The average molecular weight is 279 g/mol. The summed E-state index contributed by atoms with van der Waals surface area (Å²) >= 11 is 0. The van der Waals surface area contributed by atoms with Crippen LogP contribution in [0.1, 0.15) is 23.2 Å². The Hall–Kier alpha value is -2.28. The van der Waals surface area contributed by atoms with E-state index < -0.39 is 12.0 Å². The van der Waals surface area contributed by atoms with Crippen molar-refractivity contribution in [2.24, 2.45) is 0 Å². The molecule has 1 aromatic carbocycles. The van der Waals surface area contributed by atoms with Gasteiger partial charge < -0.3 is 26.2 Å². The van der Waals surface area contributed by atoms with Crippen molar-refractivity contribution >= 4 is 17.7 Å². The Morgan fingerprint density at radius 3 is 2.60 bits per heavy atom. The van der Waals surface area contributed by atoms with Crippen LogP contribution in [-0.2, 0) is 0 Å². The molecular formula is C13H17N3O4. The van der Waals surface area contributed by atoms with E-state index >= 15 is 0 Å². The van der Waals surface area contributed by atoms with Crippen molar-refractivity contribution in [2.45, 2.75) is 18.9 Å². The normalized spacial score (nSPS) is 15.6. The van der Waals surface area contributed by atoms with Gasteiger partial charge >= 0.3 is 12.0 Å². The Balaban J connectivity index is 2.01. The number of piperidine rings is 1. The lowest BCUT2D eigenvalue weighted by atomic mass is 10.1. The SMILES string of the molecule is O=C(Nc1ccc(O)cc1C(=O)O)NC1CCNCC1. The number of phenols is 1. The lowest BCUT2D eigenvalue weighted by molar-refractivity contribution is 0.0697. The van der Waals surface area contributed by atoms with Gasteiger partial charge in [-0.1, -0.05) is 0 Å². The van der Waals surface area contributed by atoms with Crippen LogP contribution in [0.2, 0.25) is 0 Å². The average Bonchev–Trinajstić information content (AvgIpc) is 2.41. The van der Waals surface area contributed by atoms with Crippen LogP contribution in [0.25, 0.3) is 0 Å². The van der Waals surface area contributed by atoms with Gasteiger partial charge in [-0.05, 0) is 44.1 Å². The van der Waals surface area contributed by atoms with Crippen molar-refractivity contribution in [3.05, 3.63) is 23.8 Å². The Kier molecular flexibility index (Phi) is 4.41. The second-order valence-electron chi connectivity index (χ2n) is 4.66. The number of carboxylic acid groups (broad SMARTS) is 1. The highest BCUT2D eigenvalue weighted by Crippen LogP contribution is 2.21. The number of benzene rings is 1. The molecular weight excluding hydrogens is 262 g/mol. The van der Waals surface area contributed by atoms with Crippen LogP contribution in [0.4, 0.5) is 10.5 Å². The fourth-order valence-corrected chi connectivity index (χ4v) is 2.13. The molecule has 2 amide bonds. The second kappa shape index (κ2) is 6.25. The van der Waals surface area contributed by atoms with Crippen molar-refractivity contribution in [2.75, 3.05) is 18.4 Å². The van der Waals surface area contributed by atoms with Gasteiger partial charge in [-0.2, -0.15) is 0 Å². The van der Waals surface area contributed by atoms with Gasteiger partial charge in [0.25, 0.3) is 0 Å². The lowest BCUT2D eigenvalue weighted by Gasteiger charge is -2.23. The zero-order valence-electron chi connectivity index (χ0n) is 10.8. The zero-order valence-corrected chi connectivity index (χ0v) is 10.8. The second-order valence-corrected chi connectivity index (χ2v) is 4.66. The first-order valence-electron chi connectivity index (χ1n) is 6.41. The number of aromatic carboxylic acids is 1. The van der Waals surface area contributed by atoms with E-state index in [0.717, 1.165) is 32.0 Å². The van der Waals surface area contributed by atoms with Crippen LogP contribution < -0.4 is 16.0 Å². The largest absolute Gasteiger partial charge is 0.508 e. The molecule has 1 aliphatic rings. The minimum absolute atomic E-state index is 0.0849. The molecule has 0 atom stereocenters. The summed E-state index contributed by atoms with van der Waals surface area (Å²) in [6.45, 7) is 1.70. The van der Waals surface area contributed by atoms with Gasteiger partial charge in [-0.25, -0.2) is 9.59 Å². The van der Waals surface area contributed by atoms with E-state index in [1.54, 1.807) is 0 Å². The van der Waals surface area contributed by atoms with Gasteiger partial charge in [0, 0.05) is 6.04 Å². The van der Waals surface area contributed by atoms with Gasteiger partial charge in [0.05, 0.1) is 11.3 Å². The molecule has 0 radical (unpaired) electrons. The van der Waals surface area contributed by atoms with Crippen molar-refractivity contribution in [1.82, 2.24) is 10.6 Å². The predicted molar refractivity (Wildman–Crippen MR) is 73.1 cm³/mol. The van der Waals surface area contributed by atoms with E-state index in [4.69, 9.17) is 5.11 Å². The van der Waals surface area contributed by atoms with E-state index in [9.17, 15) is 14.7 Å². The first-order valence-corrected chi connectivity index (χ1v) is 6.41. The molecule has 1 saturated heterocycles. The molecule has 7 heteroatoms. The van der Waals surface area contributed by atoms with E-state index in [1.165, 1.54) is 12.1 Å². The third-order valence-electron chi connectivity index (χ3n) is 3.16. The van der Waals surface area contributed by atoms with Crippen LogP contribution in [0.5, 0.6) is 5.75 Å². The molecule has 7 nitrogen and oxygen atoms in total. The highest BCUT2D eigenvalue weighted by molar-refractivity contribution is 6.00. The molecule has 5 N–H and O–H groups in total.